The Morgan fingerprint density at radius 1 is 0.447 bits per heavy atom. The van der Waals surface area contributed by atoms with Crippen LogP contribution < -0.4 is 0 Å². The van der Waals surface area contributed by atoms with Crippen molar-refractivity contribution in [1.29, 1.82) is 0 Å². The summed E-state index contributed by atoms with van der Waals surface area (Å²) in [5, 5.41) is 11.0. The van der Waals surface area contributed by atoms with Crippen molar-refractivity contribution >= 4 is 107 Å². The second-order valence-electron chi connectivity index (χ2n) is 12.2. The van der Waals surface area contributed by atoms with Gasteiger partial charge in [-0.25, -0.2) is 9.97 Å². The van der Waals surface area contributed by atoms with Crippen molar-refractivity contribution in [3.05, 3.63) is 140 Å². The molecular weight excluding hydrogens is 611 g/mol. The summed E-state index contributed by atoms with van der Waals surface area (Å²) in [7, 11) is 0. The molecule has 47 heavy (non-hydrogen) atoms. The van der Waals surface area contributed by atoms with E-state index < -0.39 is 0 Å². The first-order valence-electron chi connectivity index (χ1n) is 15.7. The van der Waals surface area contributed by atoms with E-state index in [9.17, 15) is 0 Å². The summed E-state index contributed by atoms with van der Waals surface area (Å²) >= 11 is 3.55. The number of benzene rings is 7. The van der Waals surface area contributed by atoms with Crippen LogP contribution in [0.4, 0.5) is 0 Å². The van der Waals surface area contributed by atoms with Crippen molar-refractivity contribution in [2.45, 2.75) is 0 Å². The Morgan fingerprint density at radius 2 is 1.13 bits per heavy atom. The Labute approximate surface area is 276 Å². The summed E-state index contributed by atoms with van der Waals surface area (Å²) < 4.78 is 6.14. The molecule has 7 aromatic carbocycles. The van der Waals surface area contributed by atoms with Crippen molar-refractivity contribution in [3.63, 3.8) is 0 Å². The Hall–Kier alpha value is -5.62. The Morgan fingerprint density at radius 3 is 1.98 bits per heavy atom. The zero-order valence-electron chi connectivity index (χ0n) is 24.9. The van der Waals surface area contributed by atoms with Crippen molar-refractivity contribution in [2.24, 2.45) is 0 Å². The fraction of sp³-hybridized carbons (Fsp3) is 0. The minimum absolute atomic E-state index is 0.852. The predicted molar refractivity (Wildman–Crippen MR) is 203 cm³/mol. The number of fused-ring (bicyclic) bond motifs is 12. The topological polar surface area (TPSA) is 30.7 Å². The molecule has 0 amide bonds. The van der Waals surface area contributed by atoms with Gasteiger partial charge in [0.15, 0.2) is 5.82 Å². The van der Waals surface area contributed by atoms with E-state index in [1.807, 2.05) is 11.3 Å². The molecule has 0 fully saturated rings. The molecule has 0 N–H and O–H groups in total. The van der Waals surface area contributed by atoms with Crippen molar-refractivity contribution in [3.8, 4) is 17.1 Å². The minimum atomic E-state index is 0.852. The van der Waals surface area contributed by atoms with Gasteiger partial charge in [-0.05, 0) is 64.0 Å². The number of rotatable bonds is 2. The van der Waals surface area contributed by atoms with Crippen LogP contribution in [0.5, 0.6) is 0 Å². The average Bonchev–Trinajstić information content (AvgIpc) is 3.78. The lowest BCUT2D eigenvalue weighted by molar-refractivity contribution is 1.09. The van der Waals surface area contributed by atoms with Crippen LogP contribution in [0.2, 0.25) is 0 Å². The quantitative estimate of drug-likeness (QED) is 0.190. The first kappa shape index (κ1) is 25.6. The van der Waals surface area contributed by atoms with Crippen LogP contribution in [0.1, 0.15) is 0 Å². The number of thiophene rings is 2. The molecule has 218 valence electrons. The standard InChI is InChI=1S/C42H23N3S2/c1-2-11-26-23-34-32(21-25(26)10-1)38-28-12-4-3-9-24(28)17-19-33(38)45(34)41-39(44-42-40(43-41)30-14-6-8-16-36(30)47-42)27-18-20-37-31(22-27)29-13-5-7-15-35(29)46-37/h1-23H. The van der Waals surface area contributed by atoms with Crippen LogP contribution in [0.25, 0.3) is 101 Å². The van der Waals surface area contributed by atoms with Crippen molar-refractivity contribution in [2.75, 3.05) is 0 Å². The van der Waals surface area contributed by atoms with Crippen LogP contribution >= 0.6 is 22.7 Å². The summed E-state index contributed by atoms with van der Waals surface area (Å²) in [6, 6.07) is 50.5. The molecule has 0 aliphatic rings. The lowest BCUT2D eigenvalue weighted by atomic mass is 10.0. The second-order valence-corrected chi connectivity index (χ2v) is 14.3. The zero-order chi connectivity index (χ0) is 30.6. The highest BCUT2D eigenvalue weighted by Gasteiger charge is 2.23. The van der Waals surface area contributed by atoms with E-state index in [1.165, 1.54) is 57.2 Å². The number of hydrogen-bond acceptors (Lipinski definition) is 4. The van der Waals surface area contributed by atoms with Gasteiger partial charge in [0.25, 0.3) is 0 Å². The molecule has 0 spiro atoms. The highest BCUT2D eigenvalue weighted by molar-refractivity contribution is 7.26. The fourth-order valence-electron chi connectivity index (χ4n) is 7.44. The maximum atomic E-state index is 5.59. The van der Waals surface area contributed by atoms with Crippen LogP contribution in [-0.4, -0.2) is 14.5 Å². The third-order valence-electron chi connectivity index (χ3n) is 9.58. The smallest absolute Gasteiger partial charge is 0.165 e. The summed E-state index contributed by atoms with van der Waals surface area (Å²) in [6.45, 7) is 0. The molecule has 0 unspecified atom stereocenters. The van der Waals surface area contributed by atoms with Gasteiger partial charge in [-0.2, -0.15) is 0 Å². The molecule has 0 aliphatic heterocycles. The van der Waals surface area contributed by atoms with Gasteiger partial charge >= 0.3 is 0 Å². The molecule has 0 atom stereocenters. The van der Waals surface area contributed by atoms with E-state index in [0.29, 0.717) is 0 Å². The molecule has 4 aromatic heterocycles. The third kappa shape index (κ3) is 3.61. The van der Waals surface area contributed by atoms with Gasteiger partial charge < -0.3 is 0 Å². The van der Waals surface area contributed by atoms with Crippen LogP contribution in [0.3, 0.4) is 0 Å². The lowest BCUT2D eigenvalue weighted by Gasteiger charge is -2.13. The Kier molecular flexibility index (Phi) is 5.14. The number of hydrogen-bond donors (Lipinski definition) is 0. The van der Waals surface area contributed by atoms with E-state index in [4.69, 9.17) is 9.97 Å². The second kappa shape index (κ2) is 9.46. The van der Waals surface area contributed by atoms with Gasteiger partial charge in [-0.15, -0.1) is 22.7 Å². The zero-order valence-corrected chi connectivity index (χ0v) is 26.6. The highest BCUT2D eigenvalue weighted by Crippen LogP contribution is 2.43. The van der Waals surface area contributed by atoms with E-state index >= 15 is 0 Å². The molecular formula is C42H23N3S2. The monoisotopic (exact) mass is 633 g/mol. The predicted octanol–water partition coefficient (Wildman–Crippen LogP) is 12.3. The molecule has 3 nitrogen and oxygen atoms in total. The van der Waals surface area contributed by atoms with Gasteiger partial charge in [0.05, 0.1) is 11.0 Å². The molecule has 0 aliphatic carbocycles. The third-order valence-corrected chi connectivity index (χ3v) is 11.8. The molecule has 0 bridgehead atoms. The molecule has 11 aromatic rings. The maximum absolute atomic E-state index is 5.59. The van der Waals surface area contributed by atoms with Crippen molar-refractivity contribution in [1.82, 2.24) is 14.5 Å². The lowest BCUT2D eigenvalue weighted by Crippen LogP contribution is -2.03. The molecule has 0 saturated heterocycles. The van der Waals surface area contributed by atoms with Crippen LogP contribution in [0.15, 0.2) is 140 Å². The molecule has 0 radical (unpaired) electrons. The minimum Gasteiger partial charge on any atom is -0.292 e. The average molecular weight is 634 g/mol. The van der Waals surface area contributed by atoms with Crippen LogP contribution in [-0.2, 0) is 0 Å². The van der Waals surface area contributed by atoms with Gasteiger partial charge in [0.2, 0.25) is 0 Å². The Balaban J connectivity index is 1.33. The molecule has 4 heterocycles. The highest BCUT2D eigenvalue weighted by atomic mass is 32.1. The van der Waals surface area contributed by atoms with E-state index in [-0.39, 0.29) is 0 Å². The van der Waals surface area contributed by atoms with Gasteiger partial charge in [0.1, 0.15) is 16.0 Å². The largest absolute Gasteiger partial charge is 0.292 e. The summed E-state index contributed by atoms with van der Waals surface area (Å²) in [6.07, 6.45) is 0. The summed E-state index contributed by atoms with van der Waals surface area (Å²) in [4.78, 5) is 12.0. The fourth-order valence-corrected chi connectivity index (χ4v) is 9.54. The van der Waals surface area contributed by atoms with Gasteiger partial charge in [0, 0.05) is 46.6 Å². The summed E-state index contributed by atoms with van der Waals surface area (Å²) in [5.41, 5.74) is 5.17. The van der Waals surface area contributed by atoms with E-state index in [1.54, 1.807) is 11.3 Å². The molecule has 5 heteroatoms. The number of aromatic nitrogens is 3. The number of nitrogens with zero attached hydrogens (tertiary/aromatic N) is 3. The van der Waals surface area contributed by atoms with Crippen LogP contribution in [0, 0.1) is 0 Å². The van der Waals surface area contributed by atoms with Gasteiger partial charge in [-0.1, -0.05) is 97.1 Å². The Bertz CT molecular complexity index is 3090. The SMILES string of the molecule is c1ccc2cc3c(cc2c1)c1c2ccccc2ccc1n3-c1nc2c(nc1-c1ccc3sc4ccccc4c3c1)sc1ccccc12. The maximum Gasteiger partial charge on any atom is 0.165 e. The van der Waals surface area contributed by atoms with Gasteiger partial charge in [-0.3, -0.25) is 4.57 Å². The molecule has 0 saturated carbocycles. The van der Waals surface area contributed by atoms with E-state index in [2.05, 4.69) is 144 Å². The first-order valence-corrected chi connectivity index (χ1v) is 17.4. The normalized spacial score (nSPS) is 12.3. The first-order chi connectivity index (χ1) is 23.3. The summed E-state index contributed by atoms with van der Waals surface area (Å²) in [5.74, 6) is 0.852. The molecule has 11 rings (SSSR count). The van der Waals surface area contributed by atoms with E-state index in [0.717, 1.165) is 43.8 Å². The van der Waals surface area contributed by atoms with Crippen molar-refractivity contribution < 1.29 is 0 Å².